The number of rotatable bonds is 5. The number of thiazole rings is 1. The van der Waals surface area contributed by atoms with Crippen molar-refractivity contribution in [3.8, 4) is 10.6 Å². The molecular formula is C19H15F4N3OS. The van der Waals surface area contributed by atoms with Crippen molar-refractivity contribution in [1.82, 2.24) is 10.3 Å². The highest BCUT2D eigenvalue weighted by atomic mass is 32.1. The van der Waals surface area contributed by atoms with E-state index in [-0.39, 0.29) is 23.4 Å². The van der Waals surface area contributed by atoms with Crippen molar-refractivity contribution in [3.63, 3.8) is 0 Å². The zero-order chi connectivity index (χ0) is 20.3. The van der Waals surface area contributed by atoms with E-state index < -0.39 is 23.5 Å². The quantitative estimate of drug-likeness (QED) is 0.587. The van der Waals surface area contributed by atoms with Crippen LogP contribution in [0.1, 0.15) is 21.6 Å². The average Bonchev–Trinajstić information content (AvgIpc) is 3.10. The van der Waals surface area contributed by atoms with Crippen LogP contribution in [0.4, 0.5) is 22.6 Å². The number of amides is 1. The van der Waals surface area contributed by atoms with Crippen LogP contribution in [0.2, 0.25) is 0 Å². The third kappa shape index (κ3) is 4.14. The summed E-state index contributed by atoms with van der Waals surface area (Å²) in [5, 5.41) is 5.95. The largest absolute Gasteiger partial charge is 0.416 e. The molecule has 28 heavy (non-hydrogen) atoms. The van der Waals surface area contributed by atoms with E-state index in [0.717, 1.165) is 17.4 Å². The second-order valence-corrected chi connectivity index (χ2v) is 6.76. The lowest BCUT2D eigenvalue weighted by Crippen LogP contribution is -2.25. The Balaban J connectivity index is 1.84. The number of hydrogen-bond donors (Lipinski definition) is 2. The summed E-state index contributed by atoms with van der Waals surface area (Å²) in [4.78, 5) is 16.7. The molecule has 0 unspecified atom stereocenters. The average molecular weight is 409 g/mol. The highest BCUT2D eigenvalue weighted by Gasteiger charge is 2.33. The first-order chi connectivity index (χ1) is 13.3. The van der Waals surface area contributed by atoms with E-state index in [1.165, 1.54) is 36.4 Å². The molecule has 0 fully saturated rings. The van der Waals surface area contributed by atoms with Crippen molar-refractivity contribution in [3.05, 3.63) is 71.2 Å². The summed E-state index contributed by atoms with van der Waals surface area (Å²) < 4.78 is 53.2. The zero-order valence-electron chi connectivity index (χ0n) is 14.6. The molecule has 0 atom stereocenters. The van der Waals surface area contributed by atoms with Crippen molar-refractivity contribution >= 4 is 22.2 Å². The topological polar surface area (TPSA) is 54.0 Å². The molecule has 1 heterocycles. The minimum absolute atomic E-state index is 0.00440. The number of anilines is 1. The van der Waals surface area contributed by atoms with Crippen LogP contribution in [0.25, 0.3) is 10.6 Å². The smallest absolute Gasteiger partial charge is 0.378 e. The molecule has 1 aromatic heterocycles. The number of benzene rings is 2. The molecule has 0 aliphatic heterocycles. The van der Waals surface area contributed by atoms with E-state index in [4.69, 9.17) is 0 Å². The molecule has 1 amide bonds. The molecule has 3 aromatic rings. The number of aromatic nitrogens is 1. The van der Waals surface area contributed by atoms with Gasteiger partial charge in [-0.1, -0.05) is 41.7 Å². The van der Waals surface area contributed by atoms with Gasteiger partial charge in [0, 0.05) is 19.2 Å². The Morgan fingerprint density at radius 1 is 1.11 bits per heavy atom. The van der Waals surface area contributed by atoms with Crippen molar-refractivity contribution < 1.29 is 22.4 Å². The lowest BCUT2D eigenvalue weighted by molar-refractivity contribution is -0.138. The molecule has 146 valence electrons. The van der Waals surface area contributed by atoms with Crippen LogP contribution in [0.3, 0.4) is 0 Å². The molecule has 0 saturated heterocycles. The maximum atomic E-state index is 14.0. The number of alkyl halides is 3. The van der Waals surface area contributed by atoms with Crippen LogP contribution >= 0.6 is 11.3 Å². The zero-order valence-corrected chi connectivity index (χ0v) is 15.4. The predicted octanol–water partition coefficient (Wildman–Crippen LogP) is 4.94. The van der Waals surface area contributed by atoms with Crippen LogP contribution in [0, 0.1) is 5.82 Å². The van der Waals surface area contributed by atoms with E-state index in [1.54, 1.807) is 13.1 Å². The minimum atomic E-state index is -4.52. The third-order valence-electron chi connectivity index (χ3n) is 3.94. The van der Waals surface area contributed by atoms with E-state index >= 15 is 0 Å². The van der Waals surface area contributed by atoms with E-state index in [2.05, 4.69) is 15.6 Å². The summed E-state index contributed by atoms with van der Waals surface area (Å²) in [5.74, 6) is -1.13. The summed E-state index contributed by atoms with van der Waals surface area (Å²) >= 11 is 1.08. The van der Waals surface area contributed by atoms with E-state index in [9.17, 15) is 22.4 Å². The SMILES string of the molecule is CNc1sc(-c2ccccc2F)nc1C(=O)NCc1ccccc1C(F)(F)F. The Morgan fingerprint density at radius 2 is 1.79 bits per heavy atom. The van der Waals surface area contributed by atoms with Crippen LogP contribution < -0.4 is 10.6 Å². The molecular weight excluding hydrogens is 394 g/mol. The van der Waals surface area contributed by atoms with E-state index in [1.807, 2.05) is 0 Å². The Hall–Kier alpha value is -2.94. The van der Waals surface area contributed by atoms with Gasteiger partial charge in [0.2, 0.25) is 0 Å². The first-order valence-electron chi connectivity index (χ1n) is 8.18. The summed E-state index contributed by atoms with van der Waals surface area (Å²) in [6.45, 7) is -0.315. The Morgan fingerprint density at radius 3 is 2.46 bits per heavy atom. The Bertz CT molecular complexity index is 1000. The van der Waals surface area contributed by atoms with Crippen molar-refractivity contribution in [2.75, 3.05) is 12.4 Å². The molecule has 0 aliphatic carbocycles. The Labute approximate surface area is 162 Å². The third-order valence-corrected chi connectivity index (χ3v) is 5.04. The fourth-order valence-electron chi connectivity index (χ4n) is 2.60. The highest BCUT2D eigenvalue weighted by Crippen LogP contribution is 2.34. The van der Waals surface area contributed by atoms with Gasteiger partial charge in [0.1, 0.15) is 15.8 Å². The molecule has 0 spiro atoms. The van der Waals surface area contributed by atoms with Gasteiger partial charge in [-0.3, -0.25) is 4.79 Å². The fraction of sp³-hybridized carbons (Fsp3) is 0.158. The molecule has 0 saturated carbocycles. The first-order valence-corrected chi connectivity index (χ1v) is 8.99. The van der Waals surface area contributed by atoms with Crippen LogP contribution in [0.5, 0.6) is 0 Å². The lowest BCUT2D eigenvalue weighted by Gasteiger charge is -2.13. The maximum absolute atomic E-state index is 14.0. The van der Waals surface area contributed by atoms with E-state index in [0.29, 0.717) is 10.0 Å². The van der Waals surface area contributed by atoms with Gasteiger partial charge < -0.3 is 10.6 Å². The molecule has 9 heteroatoms. The molecule has 2 aromatic carbocycles. The molecule has 2 N–H and O–H groups in total. The van der Waals surface area contributed by atoms with Gasteiger partial charge in [-0.15, -0.1) is 0 Å². The molecule has 4 nitrogen and oxygen atoms in total. The number of nitrogens with zero attached hydrogens (tertiary/aromatic N) is 1. The molecule has 0 aliphatic rings. The second-order valence-electron chi connectivity index (χ2n) is 5.76. The standard InChI is InChI=1S/C19H15F4N3OS/c1-24-18-15(26-17(28-18)12-7-3-5-9-14(12)20)16(27)25-10-11-6-2-4-8-13(11)19(21,22)23/h2-9,24H,10H2,1H3,(H,25,27). The van der Waals surface area contributed by atoms with Crippen LogP contribution in [-0.2, 0) is 12.7 Å². The number of carbonyl (C=O) groups is 1. The second kappa shape index (κ2) is 7.97. The molecule has 0 bridgehead atoms. The van der Waals surface area contributed by atoms with Gasteiger partial charge in [-0.25, -0.2) is 9.37 Å². The summed E-state index contributed by atoms with van der Waals surface area (Å²) in [7, 11) is 1.58. The van der Waals surface area contributed by atoms with Crippen molar-refractivity contribution in [2.24, 2.45) is 0 Å². The maximum Gasteiger partial charge on any atom is 0.416 e. The summed E-state index contributed by atoms with van der Waals surface area (Å²) in [5.41, 5.74) is -0.630. The normalized spacial score (nSPS) is 11.3. The highest BCUT2D eigenvalue weighted by molar-refractivity contribution is 7.19. The van der Waals surface area contributed by atoms with Gasteiger partial charge in [0.15, 0.2) is 5.69 Å². The summed E-state index contributed by atoms with van der Waals surface area (Å²) in [6, 6.07) is 11.0. The first kappa shape index (κ1) is 19.8. The van der Waals surface area contributed by atoms with Gasteiger partial charge in [-0.2, -0.15) is 13.2 Å². The van der Waals surface area contributed by atoms with Crippen LogP contribution in [0.15, 0.2) is 48.5 Å². The Kier molecular flexibility index (Phi) is 5.64. The van der Waals surface area contributed by atoms with Gasteiger partial charge in [-0.05, 0) is 23.8 Å². The van der Waals surface area contributed by atoms with Gasteiger partial charge >= 0.3 is 6.18 Å². The predicted molar refractivity (Wildman–Crippen MR) is 99.7 cm³/mol. The monoisotopic (exact) mass is 409 g/mol. The summed E-state index contributed by atoms with van der Waals surface area (Å²) in [6.07, 6.45) is -4.52. The molecule has 0 radical (unpaired) electrons. The minimum Gasteiger partial charge on any atom is -0.378 e. The van der Waals surface area contributed by atoms with Gasteiger partial charge in [0.05, 0.1) is 5.56 Å². The van der Waals surface area contributed by atoms with Crippen molar-refractivity contribution in [2.45, 2.75) is 12.7 Å². The van der Waals surface area contributed by atoms with Crippen molar-refractivity contribution in [1.29, 1.82) is 0 Å². The number of hydrogen-bond acceptors (Lipinski definition) is 4. The number of carbonyl (C=O) groups excluding carboxylic acids is 1. The van der Waals surface area contributed by atoms with Gasteiger partial charge in [0.25, 0.3) is 5.91 Å². The lowest BCUT2D eigenvalue weighted by atomic mass is 10.1. The number of nitrogens with one attached hydrogen (secondary N) is 2. The fourth-order valence-corrected chi connectivity index (χ4v) is 3.55. The van der Waals surface area contributed by atoms with Crippen LogP contribution in [-0.4, -0.2) is 17.9 Å². The number of halogens is 4. The molecule has 3 rings (SSSR count).